The number of aryl methyl sites for hydroxylation is 1. The molecule has 0 radical (unpaired) electrons. The van der Waals surface area contributed by atoms with E-state index in [1.807, 2.05) is 47.9 Å². The molecule has 0 atom stereocenters. The fraction of sp³-hybridized carbons (Fsp3) is 0.188. The van der Waals surface area contributed by atoms with E-state index in [9.17, 15) is 9.59 Å². The van der Waals surface area contributed by atoms with E-state index in [0.29, 0.717) is 4.88 Å². The van der Waals surface area contributed by atoms with Crippen molar-refractivity contribution in [3.05, 3.63) is 47.1 Å². The first-order valence-corrected chi connectivity index (χ1v) is 7.92. The van der Waals surface area contributed by atoms with E-state index in [4.69, 9.17) is 5.11 Å². The summed E-state index contributed by atoms with van der Waals surface area (Å²) < 4.78 is 1.89. The van der Waals surface area contributed by atoms with Crippen LogP contribution < -0.4 is 5.32 Å². The van der Waals surface area contributed by atoms with Gasteiger partial charge in [0.25, 0.3) is 5.91 Å². The summed E-state index contributed by atoms with van der Waals surface area (Å²) in [5.41, 5.74) is 2.68. The normalized spacial score (nSPS) is 10.8. The summed E-state index contributed by atoms with van der Waals surface area (Å²) in [6.45, 7) is 1.97. The Morgan fingerprint density at radius 3 is 2.70 bits per heavy atom. The van der Waals surface area contributed by atoms with Gasteiger partial charge in [0.15, 0.2) is 4.96 Å². The van der Waals surface area contributed by atoms with Crippen molar-refractivity contribution in [3.8, 4) is 11.3 Å². The second-order valence-corrected chi connectivity index (χ2v) is 6.04. The van der Waals surface area contributed by atoms with Gasteiger partial charge < -0.3 is 10.4 Å². The number of nitrogens with zero attached hydrogens (tertiary/aromatic N) is 2. The van der Waals surface area contributed by atoms with Crippen molar-refractivity contribution in [1.29, 1.82) is 0 Å². The first-order chi connectivity index (χ1) is 11.1. The average Bonchev–Trinajstić information content (AvgIpc) is 3.08. The van der Waals surface area contributed by atoms with Crippen LogP contribution in [-0.4, -0.2) is 32.9 Å². The maximum absolute atomic E-state index is 12.1. The molecule has 2 heterocycles. The summed E-state index contributed by atoms with van der Waals surface area (Å²) in [6.07, 6.45) is 1.82. The fourth-order valence-corrected chi connectivity index (χ4v) is 3.30. The van der Waals surface area contributed by atoms with Crippen molar-refractivity contribution in [2.45, 2.75) is 13.3 Å². The van der Waals surface area contributed by atoms with E-state index < -0.39 is 5.97 Å². The smallest absolute Gasteiger partial charge is 0.305 e. The zero-order valence-electron chi connectivity index (χ0n) is 12.4. The number of carboxylic acids is 1. The van der Waals surface area contributed by atoms with Crippen molar-refractivity contribution in [3.63, 3.8) is 0 Å². The number of nitrogens with one attached hydrogen (secondary N) is 1. The minimum Gasteiger partial charge on any atom is -0.481 e. The highest BCUT2D eigenvalue weighted by atomic mass is 32.1. The minimum absolute atomic E-state index is 0.0918. The van der Waals surface area contributed by atoms with Crippen molar-refractivity contribution in [1.82, 2.24) is 14.7 Å². The predicted octanol–water partition coefficient (Wildman–Crippen LogP) is 2.58. The van der Waals surface area contributed by atoms with Crippen LogP contribution in [0.5, 0.6) is 0 Å². The molecule has 3 aromatic rings. The molecular weight excluding hydrogens is 314 g/mol. The molecule has 0 aliphatic carbocycles. The van der Waals surface area contributed by atoms with Crippen LogP contribution in [0.2, 0.25) is 0 Å². The highest BCUT2D eigenvalue weighted by Gasteiger charge is 2.17. The number of aliphatic carboxylic acids is 1. The van der Waals surface area contributed by atoms with Gasteiger partial charge in [-0.05, 0) is 6.92 Å². The monoisotopic (exact) mass is 329 g/mol. The Labute approximate surface area is 136 Å². The number of carbonyl (C=O) groups excluding carboxylic acids is 1. The summed E-state index contributed by atoms with van der Waals surface area (Å²) in [6, 6.07) is 9.84. The van der Waals surface area contributed by atoms with Crippen LogP contribution in [0.15, 0.2) is 36.5 Å². The molecule has 0 aliphatic heterocycles. The molecule has 7 heteroatoms. The Kier molecular flexibility index (Phi) is 4.12. The molecule has 2 aromatic heterocycles. The lowest BCUT2D eigenvalue weighted by Crippen LogP contribution is -2.25. The van der Waals surface area contributed by atoms with Crippen LogP contribution in [0.4, 0.5) is 0 Å². The molecule has 118 valence electrons. The summed E-state index contributed by atoms with van der Waals surface area (Å²) in [4.78, 5) is 28.5. The van der Waals surface area contributed by atoms with Gasteiger partial charge in [0, 0.05) is 24.0 Å². The predicted molar refractivity (Wildman–Crippen MR) is 87.8 cm³/mol. The van der Waals surface area contributed by atoms with E-state index in [2.05, 4.69) is 10.3 Å². The zero-order chi connectivity index (χ0) is 16.4. The highest BCUT2D eigenvalue weighted by molar-refractivity contribution is 7.19. The second kappa shape index (κ2) is 6.21. The van der Waals surface area contributed by atoms with Crippen LogP contribution in [0, 0.1) is 6.92 Å². The number of benzene rings is 1. The number of amides is 1. The van der Waals surface area contributed by atoms with Crippen molar-refractivity contribution in [2.24, 2.45) is 0 Å². The first kappa shape index (κ1) is 15.2. The summed E-state index contributed by atoms with van der Waals surface area (Å²) in [5, 5.41) is 11.2. The standard InChI is InChI=1S/C16H15N3O3S/c1-10-14(15(22)17-8-7-13(20)21)23-16-18-12(9-19(10)16)11-5-3-2-4-6-11/h2-6,9H,7-8H2,1H3,(H,17,22)(H,20,21). The maximum Gasteiger partial charge on any atom is 0.305 e. The molecule has 2 N–H and O–H groups in total. The Hall–Kier alpha value is -2.67. The zero-order valence-corrected chi connectivity index (χ0v) is 13.3. The highest BCUT2D eigenvalue weighted by Crippen LogP contribution is 2.26. The molecule has 0 spiro atoms. The molecule has 0 unspecified atom stereocenters. The molecular formula is C16H15N3O3S. The molecule has 0 fully saturated rings. The molecule has 1 aromatic carbocycles. The third kappa shape index (κ3) is 3.09. The van der Waals surface area contributed by atoms with E-state index in [0.717, 1.165) is 21.9 Å². The van der Waals surface area contributed by atoms with Crippen LogP contribution in [-0.2, 0) is 4.79 Å². The third-order valence-electron chi connectivity index (χ3n) is 3.46. The maximum atomic E-state index is 12.1. The number of hydrogen-bond donors (Lipinski definition) is 2. The van der Waals surface area contributed by atoms with Crippen LogP contribution in [0.3, 0.4) is 0 Å². The van der Waals surface area contributed by atoms with Crippen LogP contribution in [0.1, 0.15) is 21.8 Å². The number of hydrogen-bond acceptors (Lipinski definition) is 4. The Bertz CT molecular complexity index is 867. The van der Waals surface area contributed by atoms with Gasteiger partial charge >= 0.3 is 5.97 Å². The summed E-state index contributed by atoms with van der Waals surface area (Å²) >= 11 is 1.30. The molecule has 0 saturated carbocycles. The van der Waals surface area contributed by atoms with Crippen molar-refractivity contribution >= 4 is 28.2 Å². The van der Waals surface area contributed by atoms with E-state index in [1.54, 1.807) is 0 Å². The number of fused-ring (bicyclic) bond motifs is 1. The van der Waals surface area contributed by atoms with Gasteiger partial charge in [0.1, 0.15) is 4.88 Å². The molecule has 23 heavy (non-hydrogen) atoms. The van der Waals surface area contributed by atoms with E-state index in [1.165, 1.54) is 11.3 Å². The number of aromatic nitrogens is 2. The van der Waals surface area contributed by atoms with Gasteiger partial charge in [-0.3, -0.25) is 14.0 Å². The molecule has 0 bridgehead atoms. The van der Waals surface area contributed by atoms with Gasteiger partial charge in [-0.1, -0.05) is 41.7 Å². The number of thiazole rings is 1. The summed E-state index contributed by atoms with van der Waals surface area (Å²) in [7, 11) is 0. The van der Waals surface area contributed by atoms with Gasteiger partial charge in [-0.15, -0.1) is 0 Å². The summed E-state index contributed by atoms with van der Waals surface area (Å²) in [5.74, 6) is -1.20. The quantitative estimate of drug-likeness (QED) is 0.753. The molecule has 0 aliphatic rings. The van der Waals surface area contributed by atoms with Crippen LogP contribution in [0.25, 0.3) is 16.2 Å². The largest absolute Gasteiger partial charge is 0.481 e. The first-order valence-electron chi connectivity index (χ1n) is 7.10. The lowest BCUT2D eigenvalue weighted by Gasteiger charge is -2.02. The van der Waals surface area contributed by atoms with Crippen LogP contribution >= 0.6 is 11.3 Å². The van der Waals surface area contributed by atoms with Gasteiger partial charge in [-0.25, -0.2) is 4.98 Å². The molecule has 6 nitrogen and oxygen atoms in total. The Balaban J connectivity index is 1.84. The number of rotatable bonds is 5. The molecule has 3 rings (SSSR count). The van der Waals surface area contributed by atoms with E-state index in [-0.39, 0.29) is 18.9 Å². The number of imidazole rings is 1. The SMILES string of the molecule is Cc1c(C(=O)NCCC(=O)O)sc2nc(-c3ccccc3)cn12. The van der Waals surface area contributed by atoms with E-state index >= 15 is 0 Å². The fourth-order valence-electron chi connectivity index (χ4n) is 2.27. The second-order valence-electron chi connectivity index (χ2n) is 5.06. The van der Waals surface area contributed by atoms with Crippen molar-refractivity contribution < 1.29 is 14.7 Å². The lowest BCUT2D eigenvalue weighted by atomic mass is 10.2. The third-order valence-corrected chi connectivity index (χ3v) is 4.61. The molecule has 0 saturated heterocycles. The number of carboxylic acid groups (broad SMARTS) is 1. The minimum atomic E-state index is -0.935. The number of carbonyl (C=O) groups is 2. The molecule has 1 amide bonds. The Morgan fingerprint density at radius 1 is 1.30 bits per heavy atom. The van der Waals surface area contributed by atoms with Gasteiger partial charge in [0.05, 0.1) is 12.1 Å². The van der Waals surface area contributed by atoms with Crippen molar-refractivity contribution in [2.75, 3.05) is 6.54 Å². The topological polar surface area (TPSA) is 83.7 Å². The Morgan fingerprint density at radius 2 is 2.04 bits per heavy atom. The van der Waals surface area contributed by atoms with Gasteiger partial charge in [0.2, 0.25) is 0 Å². The average molecular weight is 329 g/mol. The van der Waals surface area contributed by atoms with Gasteiger partial charge in [-0.2, -0.15) is 0 Å². The lowest BCUT2D eigenvalue weighted by molar-refractivity contribution is -0.136.